The Morgan fingerprint density at radius 3 is 2.49 bits per heavy atom. The van der Waals surface area contributed by atoms with Crippen molar-refractivity contribution in [3.63, 3.8) is 0 Å². The molecule has 206 valence electrons. The highest BCUT2D eigenvalue weighted by molar-refractivity contribution is 8.02. The maximum Gasteiger partial charge on any atom is 0.251 e. The van der Waals surface area contributed by atoms with Crippen LogP contribution in [0, 0.1) is 11.8 Å². The Bertz CT molecular complexity index is 1350. The number of amides is 3. The average molecular weight is 548 g/mol. The van der Waals surface area contributed by atoms with Crippen molar-refractivity contribution in [3.05, 3.63) is 67.8 Å². The molecule has 3 fully saturated rings. The van der Waals surface area contributed by atoms with Crippen molar-refractivity contribution < 1.29 is 19.5 Å². The first-order valence-corrected chi connectivity index (χ1v) is 14.4. The number of nitrogens with zero attached hydrogens (tertiary/aromatic N) is 3. The number of carbonyl (C=O) groups excluding carboxylic acids is 3. The third kappa shape index (κ3) is 4.11. The minimum Gasteiger partial charge on any atom is -0.394 e. The van der Waals surface area contributed by atoms with E-state index in [1.54, 1.807) is 52.6 Å². The summed E-state index contributed by atoms with van der Waals surface area (Å²) in [5.74, 6) is -1.69. The fourth-order valence-corrected chi connectivity index (χ4v) is 9.38. The second kappa shape index (κ2) is 10.1. The van der Waals surface area contributed by atoms with Gasteiger partial charge in [-0.1, -0.05) is 42.5 Å². The molecule has 2 aromatic carbocycles. The molecule has 3 aliphatic heterocycles. The predicted octanol–water partition coefficient (Wildman–Crippen LogP) is 3.87. The molecule has 0 aromatic heterocycles. The zero-order chi connectivity index (χ0) is 28.1. The van der Waals surface area contributed by atoms with E-state index in [1.807, 2.05) is 42.5 Å². The minimum absolute atomic E-state index is 0.0907. The molecular weight excluding hydrogens is 510 g/mol. The predicted molar refractivity (Wildman–Crippen MR) is 156 cm³/mol. The zero-order valence-electron chi connectivity index (χ0n) is 22.9. The molecule has 3 saturated heterocycles. The summed E-state index contributed by atoms with van der Waals surface area (Å²) in [7, 11) is 1.73. The van der Waals surface area contributed by atoms with E-state index in [4.69, 9.17) is 0 Å². The van der Waals surface area contributed by atoms with Crippen molar-refractivity contribution in [3.8, 4) is 0 Å². The summed E-state index contributed by atoms with van der Waals surface area (Å²) in [4.78, 5) is 47.6. The number of aliphatic hydroxyl groups excluding tert-OH is 1. The van der Waals surface area contributed by atoms with Gasteiger partial charge in [0.15, 0.2) is 0 Å². The lowest BCUT2D eigenvalue weighted by Crippen LogP contribution is -2.57. The number of likely N-dealkylation sites (tertiary alicyclic amines) is 1. The van der Waals surface area contributed by atoms with Crippen LogP contribution in [0.2, 0.25) is 0 Å². The zero-order valence-corrected chi connectivity index (χ0v) is 23.7. The Kier molecular flexibility index (Phi) is 7.14. The van der Waals surface area contributed by atoms with Crippen LogP contribution in [0.3, 0.4) is 0 Å². The summed E-state index contributed by atoms with van der Waals surface area (Å²) < 4.78 is -1.20. The van der Waals surface area contributed by atoms with Gasteiger partial charge >= 0.3 is 0 Å². The van der Waals surface area contributed by atoms with Gasteiger partial charge in [0.1, 0.15) is 6.04 Å². The third-order valence-electron chi connectivity index (χ3n) is 8.86. The van der Waals surface area contributed by atoms with E-state index in [9.17, 15) is 19.5 Å². The van der Waals surface area contributed by atoms with Crippen molar-refractivity contribution in [2.45, 2.75) is 48.3 Å². The minimum atomic E-state index is -0.807. The molecule has 3 aliphatic rings. The first-order valence-electron chi connectivity index (χ1n) is 13.5. The van der Waals surface area contributed by atoms with E-state index < -0.39 is 33.4 Å². The second-order valence-electron chi connectivity index (χ2n) is 11.3. The largest absolute Gasteiger partial charge is 0.394 e. The molecule has 2 bridgehead atoms. The molecule has 5 rings (SSSR count). The van der Waals surface area contributed by atoms with Crippen molar-refractivity contribution in [1.29, 1.82) is 0 Å². The van der Waals surface area contributed by atoms with Crippen LogP contribution in [-0.2, 0) is 14.4 Å². The van der Waals surface area contributed by atoms with E-state index in [-0.39, 0.29) is 30.9 Å². The molecule has 3 amide bonds. The number of aliphatic hydroxyl groups is 1. The van der Waals surface area contributed by atoms with E-state index in [2.05, 4.69) is 20.1 Å². The highest BCUT2D eigenvalue weighted by atomic mass is 32.2. The molecular formula is C31H37N3O4S. The average Bonchev–Trinajstić information content (AvgIpc) is 3.51. The SMILES string of the molecule is C=CCN(C)C(=O)[C@H]1[C@H]2C(=O)N([C@H](C)CO)C(C(=O)N(CC=C)c3ccc4ccccc4c3)C23CC[C@]1(C)S3. The summed E-state index contributed by atoms with van der Waals surface area (Å²) in [5.41, 5.74) is 0.726. The fourth-order valence-electron chi connectivity index (χ4n) is 7.05. The number of rotatable bonds is 9. The van der Waals surface area contributed by atoms with Gasteiger partial charge in [-0.2, -0.15) is 0 Å². The summed E-state index contributed by atoms with van der Waals surface area (Å²) in [6.45, 7) is 11.9. The number of benzene rings is 2. The van der Waals surface area contributed by atoms with Gasteiger partial charge in [0.25, 0.3) is 5.91 Å². The lowest BCUT2D eigenvalue weighted by molar-refractivity contribution is -0.145. The molecule has 8 heteroatoms. The van der Waals surface area contributed by atoms with E-state index in [0.29, 0.717) is 13.0 Å². The molecule has 0 aliphatic carbocycles. The molecule has 2 aromatic rings. The molecule has 39 heavy (non-hydrogen) atoms. The fraction of sp³-hybridized carbons (Fsp3) is 0.452. The molecule has 0 radical (unpaired) electrons. The maximum absolute atomic E-state index is 14.7. The van der Waals surface area contributed by atoms with Gasteiger partial charge in [-0.25, -0.2) is 0 Å². The number of thioether (sulfide) groups is 1. The van der Waals surface area contributed by atoms with Gasteiger partial charge in [-0.3, -0.25) is 14.4 Å². The van der Waals surface area contributed by atoms with E-state index in [0.717, 1.165) is 22.9 Å². The lowest BCUT2D eigenvalue weighted by Gasteiger charge is -2.39. The highest BCUT2D eigenvalue weighted by Crippen LogP contribution is 2.71. The Balaban J connectivity index is 1.61. The van der Waals surface area contributed by atoms with E-state index in [1.165, 1.54) is 0 Å². The molecule has 7 nitrogen and oxygen atoms in total. The maximum atomic E-state index is 14.7. The van der Waals surface area contributed by atoms with Crippen molar-refractivity contribution in [2.24, 2.45) is 11.8 Å². The first-order chi connectivity index (χ1) is 18.6. The van der Waals surface area contributed by atoms with Crippen LogP contribution in [0.15, 0.2) is 67.8 Å². The molecule has 3 heterocycles. The number of carbonyl (C=O) groups is 3. The van der Waals surface area contributed by atoms with Crippen LogP contribution in [0.25, 0.3) is 10.8 Å². The standard InChI is InChI=1S/C31H37N3O4S/c1-6-16-32(5)27(36)24-25-28(37)34(20(3)19-35)26(31(25)15-14-30(24,4)39-31)29(38)33(17-7-2)23-13-12-21-10-8-9-11-22(21)18-23/h6-13,18,20,24-26,35H,1-2,14-17,19H2,3-5H3/t20-,24-,25+,26?,30+,31?/m1/s1. The van der Waals surface area contributed by atoms with Crippen LogP contribution in [0.4, 0.5) is 5.69 Å². The van der Waals surface area contributed by atoms with Gasteiger partial charge in [-0.05, 0) is 49.6 Å². The number of hydrogen-bond donors (Lipinski definition) is 1. The van der Waals surface area contributed by atoms with Crippen LogP contribution in [0.5, 0.6) is 0 Å². The summed E-state index contributed by atoms with van der Waals surface area (Å²) in [5, 5.41) is 12.3. The first kappa shape index (κ1) is 27.5. The third-order valence-corrected chi connectivity index (χ3v) is 10.8. The summed E-state index contributed by atoms with van der Waals surface area (Å²) in [6, 6.07) is 12.5. The smallest absolute Gasteiger partial charge is 0.251 e. The number of likely N-dealkylation sites (N-methyl/N-ethyl adjacent to an activating group) is 1. The Labute approximate surface area is 234 Å². The Morgan fingerprint density at radius 2 is 1.82 bits per heavy atom. The van der Waals surface area contributed by atoms with E-state index >= 15 is 0 Å². The molecule has 0 saturated carbocycles. The Hall–Kier alpha value is -3.10. The topological polar surface area (TPSA) is 81.2 Å². The van der Waals surface area contributed by atoms with Gasteiger partial charge in [-0.15, -0.1) is 24.9 Å². The quantitative estimate of drug-likeness (QED) is 0.482. The van der Waals surface area contributed by atoms with Gasteiger partial charge in [0.05, 0.1) is 29.2 Å². The highest BCUT2D eigenvalue weighted by Gasteiger charge is 2.77. The van der Waals surface area contributed by atoms with Crippen LogP contribution in [0.1, 0.15) is 26.7 Å². The lowest BCUT2D eigenvalue weighted by atomic mass is 9.66. The molecule has 1 N–H and O–H groups in total. The number of anilines is 1. The number of fused-ring (bicyclic) bond motifs is 2. The van der Waals surface area contributed by atoms with Crippen molar-refractivity contribution in [2.75, 3.05) is 31.6 Å². The van der Waals surface area contributed by atoms with Crippen LogP contribution >= 0.6 is 11.8 Å². The van der Waals surface area contributed by atoms with Crippen molar-refractivity contribution in [1.82, 2.24) is 9.80 Å². The van der Waals surface area contributed by atoms with Gasteiger partial charge < -0.3 is 19.8 Å². The van der Waals surface area contributed by atoms with Gasteiger partial charge in [0.2, 0.25) is 11.8 Å². The molecule has 6 atom stereocenters. The number of hydrogen-bond acceptors (Lipinski definition) is 5. The summed E-state index contributed by atoms with van der Waals surface area (Å²) >= 11 is 1.64. The van der Waals surface area contributed by atoms with Crippen LogP contribution < -0.4 is 4.90 Å². The van der Waals surface area contributed by atoms with Gasteiger partial charge in [0, 0.05) is 30.6 Å². The van der Waals surface area contributed by atoms with Crippen molar-refractivity contribution >= 4 is 45.9 Å². The molecule has 2 unspecified atom stereocenters. The second-order valence-corrected chi connectivity index (χ2v) is 13.2. The monoisotopic (exact) mass is 547 g/mol. The van der Waals surface area contributed by atoms with Crippen LogP contribution in [-0.4, -0.2) is 80.9 Å². The normalized spacial score (nSPS) is 29.8. The molecule has 1 spiro atoms. The summed E-state index contributed by atoms with van der Waals surface area (Å²) in [6.07, 6.45) is 4.76. The Morgan fingerprint density at radius 1 is 1.13 bits per heavy atom.